The maximum absolute atomic E-state index is 5.47. The van der Waals surface area contributed by atoms with Gasteiger partial charge in [-0.25, -0.2) is 0 Å². The molecule has 0 amide bonds. The van der Waals surface area contributed by atoms with Crippen LogP contribution in [-0.2, 0) is 0 Å². The first-order valence-electron chi connectivity index (χ1n) is 3.10. The normalized spacial score (nSPS) is 11.0. The summed E-state index contributed by atoms with van der Waals surface area (Å²) in [6.45, 7) is 2.10. The molecule has 1 heterocycles. The highest BCUT2D eigenvalue weighted by Crippen LogP contribution is 2.13. The Morgan fingerprint density at radius 1 is 1.70 bits per heavy atom. The first-order valence-corrected chi connectivity index (χ1v) is 4.52. The molecule has 0 saturated heterocycles. The Balaban J connectivity index is 2.67. The number of thiophene rings is 1. The molecule has 0 aliphatic rings. The minimum atomic E-state index is 0.592. The number of alkyl halides is 1. The smallest absolute Gasteiger partial charge is 0.0407 e. The predicted octanol–water partition coefficient (Wildman–Crippen LogP) is 3.31. The summed E-state index contributed by atoms with van der Waals surface area (Å²) in [4.78, 5) is 1.34. The summed E-state index contributed by atoms with van der Waals surface area (Å²) in [6.07, 6.45) is 3.99. The molecule has 0 N–H and O–H groups in total. The molecule has 0 bridgehead atoms. The molecule has 0 aromatic carbocycles. The SMILES string of the molecule is Cc1cc(C=CCCl)cs1. The molecule has 0 spiro atoms. The highest BCUT2D eigenvalue weighted by atomic mass is 35.5. The fourth-order valence-corrected chi connectivity index (χ4v) is 1.49. The number of rotatable bonds is 2. The maximum Gasteiger partial charge on any atom is 0.0407 e. The second kappa shape index (κ2) is 3.79. The van der Waals surface area contributed by atoms with Gasteiger partial charge in [-0.3, -0.25) is 0 Å². The Bertz CT molecular complexity index is 225. The van der Waals surface area contributed by atoms with Gasteiger partial charge in [0.1, 0.15) is 0 Å². The summed E-state index contributed by atoms with van der Waals surface area (Å²) in [5, 5.41) is 2.12. The van der Waals surface area contributed by atoms with E-state index in [2.05, 4.69) is 18.4 Å². The van der Waals surface area contributed by atoms with Gasteiger partial charge in [0.2, 0.25) is 0 Å². The van der Waals surface area contributed by atoms with Crippen LogP contribution in [0.4, 0.5) is 0 Å². The van der Waals surface area contributed by atoms with Crippen LogP contribution < -0.4 is 0 Å². The van der Waals surface area contributed by atoms with Gasteiger partial charge >= 0.3 is 0 Å². The lowest BCUT2D eigenvalue weighted by Crippen LogP contribution is -1.62. The molecule has 54 valence electrons. The number of halogens is 1. The van der Waals surface area contributed by atoms with Crippen molar-refractivity contribution in [2.75, 3.05) is 5.88 Å². The van der Waals surface area contributed by atoms with E-state index in [1.807, 2.05) is 12.2 Å². The molecule has 0 fully saturated rings. The Morgan fingerprint density at radius 2 is 2.50 bits per heavy atom. The van der Waals surface area contributed by atoms with E-state index >= 15 is 0 Å². The lowest BCUT2D eigenvalue weighted by Gasteiger charge is -1.79. The van der Waals surface area contributed by atoms with E-state index in [-0.39, 0.29) is 0 Å². The number of allylic oxidation sites excluding steroid dienone is 1. The van der Waals surface area contributed by atoms with E-state index in [0.29, 0.717) is 5.88 Å². The number of hydrogen-bond acceptors (Lipinski definition) is 1. The van der Waals surface area contributed by atoms with Crippen LogP contribution in [0.2, 0.25) is 0 Å². The number of aryl methyl sites for hydroxylation is 1. The van der Waals surface area contributed by atoms with Gasteiger partial charge in [-0.2, -0.15) is 0 Å². The minimum absolute atomic E-state index is 0.592. The standard InChI is InChI=1S/C8H9ClS/c1-7-5-8(6-10-7)3-2-4-9/h2-3,5-6H,4H2,1H3. The molecular formula is C8H9ClS. The minimum Gasteiger partial charge on any atom is -0.149 e. The van der Waals surface area contributed by atoms with E-state index in [1.54, 1.807) is 11.3 Å². The van der Waals surface area contributed by atoms with Crippen LogP contribution in [0.1, 0.15) is 10.4 Å². The topological polar surface area (TPSA) is 0 Å². The van der Waals surface area contributed by atoms with Gasteiger partial charge in [0.25, 0.3) is 0 Å². The molecule has 2 heteroatoms. The summed E-state index contributed by atoms with van der Waals surface area (Å²) in [5.41, 5.74) is 1.25. The zero-order chi connectivity index (χ0) is 7.40. The van der Waals surface area contributed by atoms with Gasteiger partial charge < -0.3 is 0 Å². The second-order valence-electron chi connectivity index (χ2n) is 2.05. The van der Waals surface area contributed by atoms with Crippen molar-refractivity contribution in [2.24, 2.45) is 0 Å². The second-order valence-corrected chi connectivity index (χ2v) is 3.47. The summed E-state index contributed by atoms with van der Waals surface area (Å²) in [7, 11) is 0. The highest BCUT2D eigenvalue weighted by molar-refractivity contribution is 7.10. The lowest BCUT2D eigenvalue weighted by molar-refractivity contribution is 1.62. The van der Waals surface area contributed by atoms with Crippen LogP contribution in [-0.4, -0.2) is 5.88 Å². The van der Waals surface area contributed by atoms with Gasteiger partial charge in [0.15, 0.2) is 0 Å². The Hall–Kier alpha value is -0.270. The van der Waals surface area contributed by atoms with Crippen molar-refractivity contribution in [3.63, 3.8) is 0 Å². The van der Waals surface area contributed by atoms with Crippen molar-refractivity contribution in [1.29, 1.82) is 0 Å². The molecule has 0 aliphatic heterocycles. The highest BCUT2D eigenvalue weighted by Gasteiger charge is 1.88. The van der Waals surface area contributed by atoms with Gasteiger partial charge in [-0.15, -0.1) is 22.9 Å². The van der Waals surface area contributed by atoms with Crippen molar-refractivity contribution in [3.05, 3.63) is 28.0 Å². The fourth-order valence-electron chi connectivity index (χ4n) is 0.732. The largest absolute Gasteiger partial charge is 0.149 e. The van der Waals surface area contributed by atoms with Crippen molar-refractivity contribution < 1.29 is 0 Å². The van der Waals surface area contributed by atoms with E-state index in [0.717, 1.165) is 0 Å². The zero-order valence-corrected chi connectivity index (χ0v) is 7.38. The van der Waals surface area contributed by atoms with E-state index < -0.39 is 0 Å². The van der Waals surface area contributed by atoms with Gasteiger partial charge in [-0.05, 0) is 23.9 Å². The summed E-state index contributed by atoms with van der Waals surface area (Å²) in [6, 6.07) is 2.15. The lowest BCUT2D eigenvalue weighted by atomic mass is 10.3. The van der Waals surface area contributed by atoms with Crippen LogP contribution in [0.25, 0.3) is 6.08 Å². The van der Waals surface area contributed by atoms with E-state index in [4.69, 9.17) is 11.6 Å². The summed E-state index contributed by atoms with van der Waals surface area (Å²) in [5.74, 6) is 0.592. The first-order chi connectivity index (χ1) is 4.83. The molecule has 0 aliphatic carbocycles. The molecule has 0 nitrogen and oxygen atoms in total. The Labute approximate surface area is 70.1 Å². The van der Waals surface area contributed by atoms with Crippen molar-refractivity contribution in [3.8, 4) is 0 Å². The van der Waals surface area contributed by atoms with Gasteiger partial charge in [-0.1, -0.05) is 12.2 Å². The van der Waals surface area contributed by atoms with Crippen LogP contribution in [0.5, 0.6) is 0 Å². The van der Waals surface area contributed by atoms with Crippen molar-refractivity contribution >= 4 is 29.0 Å². The average Bonchev–Trinajstić information content (AvgIpc) is 2.31. The monoisotopic (exact) mass is 172 g/mol. The third-order valence-electron chi connectivity index (χ3n) is 1.15. The molecule has 1 aromatic heterocycles. The molecule has 1 rings (SSSR count). The molecular weight excluding hydrogens is 164 g/mol. The molecule has 1 aromatic rings. The summed E-state index contributed by atoms with van der Waals surface area (Å²) < 4.78 is 0. The third-order valence-corrected chi connectivity index (χ3v) is 2.21. The molecule has 10 heavy (non-hydrogen) atoms. The van der Waals surface area contributed by atoms with E-state index in [1.165, 1.54) is 10.4 Å². The predicted molar refractivity (Wildman–Crippen MR) is 48.8 cm³/mol. The molecule has 0 radical (unpaired) electrons. The maximum atomic E-state index is 5.47. The van der Waals surface area contributed by atoms with Gasteiger partial charge in [0, 0.05) is 10.8 Å². The van der Waals surface area contributed by atoms with Crippen molar-refractivity contribution in [1.82, 2.24) is 0 Å². The van der Waals surface area contributed by atoms with Crippen LogP contribution in [0.3, 0.4) is 0 Å². The zero-order valence-electron chi connectivity index (χ0n) is 5.80. The van der Waals surface area contributed by atoms with Gasteiger partial charge in [0.05, 0.1) is 0 Å². The molecule has 0 unspecified atom stereocenters. The summed E-state index contributed by atoms with van der Waals surface area (Å²) >= 11 is 7.24. The van der Waals surface area contributed by atoms with E-state index in [9.17, 15) is 0 Å². The third kappa shape index (κ3) is 2.16. The Kier molecular flexibility index (Phi) is 2.97. The van der Waals surface area contributed by atoms with Crippen LogP contribution >= 0.6 is 22.9 Å². The fraction of sp³-hybridized carbons (Fsp3) is 0.250. The van der Waals surface area contributed by atoms with Crippen molar-refractivity contribution in [2.45, 2.75) is 6.92 Å². The average molecular weight is 173 g/mol. The van der Waals surface area contributed by atoms with Crippen LogP contribution in [0, 0.1) is 6.92 Å². The Morgan fingerprint density at radius 3 is 3.00 bits per heavy atom. The molecule has 0 saturated carbocycles. The number of hydrogen-bond donors (Lipinski definition) is 0. The van der Waals surface area contributed by atoms with Crippen LogP contribution in [0.15, 0.2) is 17.5 Å². The first kappa shape index (κ1) is 7.83. The quantitative estimate of drug-likeness (QED) is 0.601. The molecule has 0 atom stereocenters.